The molecule has 0 atom stereocenters. The standard InChI is InChI=1S/C19H22N4/c20-13-18-7-4-10-21-19(18)22-14-16-8-11-23(12-9-16)15-17-5-2-1-3-6-17/h1-7,10,16H,8-9,11-12,14-15H2,(H,21,22). The van der Waals surface area contributed by atoms with Crippen LogP contribution in [-0.2, 0) is 6.54 Å². The number of pyridine rings is 1. The summed E-state index contributed by atoms with van der Waals surface area (Å²) in [5, 5.41) is 12.4. The topological polar surface area (TPSA) is 52.0 Å². The highest BCUT2D eigenvalue weighted by Gasteiger charge is 2.19. The van der Waals surface area contributed by atoms with Crippen LogP contribution in [0.25, 0.3) is 0 Å². The van der Waals surface area contributed by atoms with Crippen LogP contribution in [0.4, 0.5) is 5.82 Å². The third-order valence-electron chi connectivity index (χ3n) is 4.44. The van der Waals surface area contributed by atoms with Crippen molar-refractivity contribution in [2.45, 2.75) is 19.4 Å². The fourth-order valence-corrected chi connectivity index (χ4v) is 3.07. The summed E-state index contributed by atoms with van der Waals surface area (Å²) in [5.41, 5.74) is 2.00. The van der Waals surface area contributed by atoms with Crippen molar-refractivity contribution in [1.29, 1.82) is 5.26 Å². The van der Waals surface area contributed by atoms with E-state index in [1.165, 1.54) is 18.4 Å². The molecule has 118 valence electrons. The molecule has 0 bridgehead atoms. The van der Waals surface area contributed by atoms with Crippen molar-refractivity contribution < 1.29 is 0 Å². The normalized spacial score (nSPS) is 16.0. The minimum atomic E-state index is 0.619. The highest BCUT2D eigenvalue weighted by atomic mass is 15.1. The number of rotatable bonds is 5. The van der Waals surface area contributed by atoms with Gasteiger partial charge in [-0.25, -0.2) is 4.98 Å². The van der Waals surface area contributed by atoms with Gasteiger partial charge in [0.05, 0.1) is 5.56 Å². The third kappa shape index (κ3) is 4.30. The third-order valence-corrected chi connectivity index (χ3v) is 4.44. The summed E-state index contributed by atoms with van der Waals surface area (Å²) < 4.78 is 0. The summed E-state index contributed by atoms with van der Waals surface area (Å²) in [6, 6.07) is 16.4. The molecule has 1 N–H and O–H groups in total. The quantitative estimate of drug-likeness (QED) is 0.921. The number of benzene rings is 1. The maximum atomic E-state index is 9.09. The van der Waals surface area contributed by atoms with Gasteiger partial charge in [-0.2, -0.15) is 5.26 Å². The Balaban J connectivity index is 1.45. The lowest BCUT2D eigenvalue weighted by Crippen LogP contribution is -2.35. The summed E-state index contributed by atoms with van der Waals surface area (Å²) in [7, 11) is 0. The molecular formula is C19H22N4. The Morgan fingerprint density at radius 2 is 1.91 bits per heavy atom. The molecule has 0 saturated carbocycles. The minimum Gasteiger partial charge on any atom is -0.369 e. The van der Waals surface area contributed by atoms with Gasteiger partial charge in [0.1, 0.15) is 11.9 Å². The number of aromatic nitrogens is 1. The first kappa shape index (κ1) is 15.5. The molecule has 0 unspecified atom stereocenters. The molecule has 4 heteroatoms. The molecule has 1 aromatic carbocycles. The van der Waals surface area contributed by atoms with Crippen molar-refractivity contribution in [2.24, 2.45) is 5.92 Å². The SMILES string of the molecule is N#Cc1cccnc1NCC1CCN(Cc2ccccc2)CC1. The van der Waals surface area contributed by atoms with Gasteiger partial charge in [0, 0.05) is 19.3 Å². The highest BCUT2D eigenvalue weighted by Crippen LogP contribution is 2.20. The Morgan fingerprint density at radius 1 is 1.13 bits per heavy atom. The lowest BCUT2D eigenvalue weighted by Gasteiger charge is -2.32. The molecule has 4 nitrogen and oxygen atoms in total. The molecule has 3 rings (SSSR count). The molecular weight excluding hydrogens is 284 g/mol. The number of likely N-dealkylation sites (tertiary alicyclic amines) is 1. The van der Waals surface area contributed by atoms with Crippen LogP contribution in [-0.4, -0.2) is 29.5 Å². The van der Waals surface area contributed by atoms with E-state index in [2.05, 4.69) is 51.6 Å². The van der Waals surface area contributed by atoms with E-state index in [0.29, 0.717) is 17.3 Å². The molecule has 1 saturated heterocycles. The highest BCUT2D eigenvalue weighted by molar-refractivity contribution is 5.51. The first-order valence-corrected chi connectivity index (χ1v) is 8.20. The molecule has 0 radical (unpaired) electrons. The van der Waals surface area contributed by atoms with Gasteiger partial charge in [-0.3, -0.25) is 4.90 Å². The summed E-state index contributed by atoms with van der Waals surface area (Å²) >= 11 is 0. The second-order valence-electron chi connectivity index (χ2n) is 6.10. The van der Waals surface area contributed by atoms with Crippen molar-refractivity contribution in [2.75, 3.05) is 25.0 Å². The molecule has 1 fully saturated rings. The van der Waals surface area contributed by atoms with Gasteiger partial charge >= 0.3 is 0 Å². The van der Waals surface area contributed by atoms with Gasteiger partial charge in [0.2, 0.25) is 0 Å². The number of piperidine rings is 1. The molecule has 0 amide bonds. The molecule has 0 spiro atoms. The largest absolute Gasteiger partial charge is 0.369 e. The zero-order valence-electron chi connectivity index (χ0n) is 13.3. The monoisotopic (exact) mass is 306 g/mol. The number of anilines is 1. The molecule has 1 aromatic heterocycles. The van der Waals surface area contributed by atoms with Crippen molar-refractivity contribution in [3.8, 4) is 6.07 Å². The fraction of sp³-hybridized carbons (Fsp3) is 0.368. The zero-order valence-corrected chi connectivity index (χ0v) is 13.3. The van der Waals surface area contributed by atoms with Gasteiger partial charge in [0.25, 0.3) is 0 Å². The van der Waals surface area contributed by atoms with Crippen molar-refractivity contribution in [3.05, 3.63) is 59.8 Å². The Bertz CT molecular complexity index is 655. The lowest BCUT2D eigenvalue weighted by atomic mass is 9.96. The van der Waals surface area contributed by atoms with Gasteiger partial charge < -0.3 is 5.32 Å². The van der Waals surface area contributed by atoms with Crippen molar-refractivity contribution >= 4 is 5.82 Å². The molecule has 1 aliphatic heterocycles. The van der Waals surface area contributed by atoms with Crippen LogP contribution in [0, 0.1) is 17.2 Å². The Kier molecular flexibility index (Phi) is 5.23. The van der Waals surface area contributed by atoms with Crippen LogP contribution in [0.1, 0.15) is 24.0 Å². The van der Waals surface area contributed by atoms with Crippen molar-refractivity contribution in [1.82, 2.24) is 9.88 Å². The summed E-state index contributed by atoms with van der Waals surface area (Å²) in [6.07, 6.45) is 4.11. The average Bonchev–Trinajstić information content (AvgIpc) is 2.62. The first-order valence-electron chi connectivity index (χ1n) is 8.20. The van der Waals surface area contributed by atoms with E-state index in [9.17, 15) is 0 Å². The maximum Gasteiger partial charge on any atom is 0.143 e. The second-order valence-corrected chi connectivity index (χ2v) is 6.10. The minimum absolute atomic E-state index is 0.619. The molecule has 2 aromatic rings. The number of hydrogen-bond donors (Lipinski definition) is 1. The summed E-state index contributed by atoms with van der Waals surface area (Å²) in [6.45, 7) is 4.20. The summed E-state index contributed by atoms with van der Waals surface area (Å²) in [5.74, 6) is 1.36. The van der Waals surface area contributed by atoms with Gasteiger partial charge in [-0.1, -0.05) is 30.3 Å². The Labute approximate surface area is 137 Å². The Hall–Kier alpha value is -2.38. The van der Waals surface area contributed by atoms with E-state index in [-0.39, 0.29) is 0 Å². The second kappa shape index (κ2) is 7.75. The van der Waals surface area contributed by atoms with Crippen molar-refractivity contribution in [3.63, 3.8) is 0 Å². The summed E-state index contributed by atoms with van der Waals surface area (Å²) in [4.78, 5) is 6.78. The van der Waals surface area contributed by atoms with Crippen LogP contribution < -0.4 is 5.32 Å². The molecule has 1 aliphatic rings. The van der Waals surface area contributed by atoms with Gasteiger partial charge in [-0.15, -0.1) is 0 Å². The van der Waals surface area contributed by atoms with E-state index in [4.69, 9.17) is 5.26 Å². The van der Waals surface area contributed by atoms with Crippen LogP contribution in [0.2, 0.25) is 0 Å². The number of nitrogens with zero attached hydrogens (tertiary/aromatic N) is 3. The van der Waals surface area contributed by atoms with Gasteiger partial charge in [-0.05, 0) is 49.5 Å². The maximum absolute atomic E-state index is 9.09. The molecule has 0 aliphatic carbocycles. The first-order chi connectivity index (χ1) is 11.3. The predicted octanol–water partition coefficient (Wildman–Crippen LogP) is 3.28. The number of nitriles is 1. The average molecular weight is 306 g/mol. The van der Waals surface area contributed by atoms with Crippen LogP contribution >= 0.6 is 0 Å². The van der Waals surface area contributed by atoms with Crippen LogP contribution in [0.5, 0.6) is 0 Å². The van der Waals surface area contributed by atoms with E-state index < -0.39 is 0 Å². The molecule has 23 heavy (non-hydrogen) atoms. The smallest absolute Gasteiger partial charge is 0.143 e. The van der Waals surface area contributed by atoms with E-state index in [1.807, 2.05) is 0 Å². The van der Waals surface area contributed by atoms with E-state index >= 15 is 0 Å². The predicted molar refractivity (Wildman–Crippen MR) is 91.9 cm³/mol. The number of nitrogens with one attached hydrogen (secondary N) is 1. The van der Waals surface area contributed by atoms with E-state index in [1.54, 1.807) is 18.3 Å². The lowest BCUT2D eigenvalue weighted by molar-refractivity contribution is 0.182. The van der Waals surface area contributed by atoms with Crippen LogP contribution in [0.15, 0.2) is 48.7 Å². The fourth-order valence-electron chi connectivity index (χ4n) is 3.07. The van der Waals surface area contributed by atoms with E-state index in [0.717, 1.165) is 26.2 Å². The molecule has 2 heterocycles. The number of hydrogen-bond acceptors (Lipinski definition) is 4. The Morgan fingerprint density at radius 3 is 2.65 bits per heavy atom. The zero-order chi connectivity index (χ0) is 15.9. The van der Waals surface area contributed by atoms with Gasteiger partial charge in [0.15, 0.2) is 0 Å². The van der Waals surface area contributed by atoms with Crippen LogP contribution in [0.3, 0.4) is 0 Å².